The summed E-state index contributed by atoms with van der Waals surface area (Å²) >= 11 is 0. The van der Waals surface area contributed by atoms with Crippen molar-refractivity contribution in [2.75, 3.05) is 0 Å². The molecule has 0 atom stereocenters. The van der Waals surface area contributed by atoms with Crippen LogP contribution in [0.5, 0.6) is 0 Å². The third-order valence-electron chi connectivity index (χ3n) is 7.56. The molecule has 188 valence electrons. The minimum Gasteiger partial charge on any atom is -0.273 e. The standard InChI is InChI=1S/C27H48N4O2/c1-26(2,3)20-12-16-22(17-13-20)28-30-24(32)10-8-7-9-11-25(33)31-29-23-18-14-21(15-19-23)27(4,5)6/h20-21H,7-19H2,1-6H3,(H,30,32)(H,31,33). The summed E-state index contributed by atoms with van der Waals surface area (Å²) in [4.78, 5) is 24.1. The number of nitrogens with zero attached hydrogens (tertiary/aromatic N) is 2. The Hall–Kier alpha value is -1.72. The fourth-order valence-corrected chi connectivity index (χ4v) is 5.00. The molecule has 2 fully saturated rings. The molecule has 2 N–H and O–H groups in total. The average Bonchev–Trinajstić information content (AvgIpc) is 2.75. The maximum absolute atomic E-state index is 12.1. The number of amides is 2. The lowest BCUT2D eigenvalue weighted by atomic mass is 9.72. The Kier molecular flexibility index (Phi) is 10.6. The molecule has 0 spiro atoms. The van der Waals surface area contributed by atoms with Crippen molar-refractivity contribution in [2.45, 2.75) is 125 Å². The van der Waals surface area contributed by atoms with Gasteiger partial charge in [-0.3, -0.25) is 9.59 Å². The summed E-state index contributed by atoms with van der Waals surface area (Å²) in [6.45, 7) is 13.8. The molecule has 0 aromatic heterocycles. The maximum Gasteiger partial charge on any atom is 0.240 e. The van der Waals surface area contributed by atoms with Gasteiger partial charge in [0.25, 0.3) is 0 Å². The van der Waals surface area contributed by atoms with E-state index in [1.165, 1.54) is 0 Å². The van der Waals surface area contributed by atoms with Crippen LogP contribution in [-0.4, -0.2) is 23.2 Å². The lowest BCUT2D eigenvalue weighted by Crippen LogP contribution is -2.27. The predicted molar refractivity (Wildman–Crippen MR) is 137 cm³/mol. The lowest BCUT2D eigenvalue weighted by molar-refractivity contribution is -0.121. The quantitative estimate of drug-likeness (QED) is 0.326. The number of hydrogen-bond acceptors (Lipinski definition) is 4. The first-order valence-corrected chi connectivity index (χ1v) is 13.1. The highest BCUT2D eigenvalue weighted by atomic mass is 16.2. The van der Waals surface area contributed by atoms with Crippen LogP contribution in [0.2, 0.25) is 0 Å². The average molecular weight is 461 g/mol. The van der Waals surface area contributed by atoms with Crippen molar-refractivity contribution in [2.24, 2.45) is 32.9 Å². The molecule has 0 heterocycles. The molecule has 2 amide bonds. The Morgan fingerprint density at radius 1 is 0.667 bits per heavy atom. The Balaban J connectivity index is 1.52. The molecule has 0 unspecified atom stereocenters. The van der Waals surface area contributed by atoms with Crippen molar-refractivity contribution in [1.82, 2.24) is 10.9 Å². The van der Waals surface area contributed by atoms with E-state index < -0.39 is 0 Å². The molecule has 2 saturated carbocycles. The minimum absolute atomic E-state index is 0.0258. The Morgan fingerprint density at radius 3 is 1.30 bits per heavy atom. The second-order valence-corrected chi connectivity index (χ2v) is 12.3. The maximum atomic E-state index is 12.1. The second kappa shape index (κ2) is 12.7. The van der Waals surface area contributed by atoms with E-state index in [1.807, 2.05) is 0 Å². The number of rotatable bonds is 8. The Labute approximate surface area is 201 Å². The van der Waals surface area contributed by atoms with E-state index in [0.29, 0.717) is 23.7 Å². The van der Waals surface area contributed by atoms with E-state index in [-0.39, 0.29) is 11.8 Å². The molecule has 6 heteroatoms. The summed E-state index contributed by atoms with van der Waals surface area (Å²) in [5, 5.41) is 8.70. The molecule has 0 saturated heterocycles. The van der Waals surface area contributed by atoms with Gasteiger partial charge in [0.05, 0.1) is 0 Å². The zero-order valence-corrected chi connectivity index (χ0v) is 22.1. The summed E-state index contributed by atoms with van der Waals surface area (Å²) in [7, 11) is 0. The molecule has 0 radical (unpaired) electrons. The summed E-state index contributed by atoms with van der Waals surface area (Å²) in [6.07, 6.45) is 11.9. The van der Waals surface area contributed by atoms with E-state index in [4.69, 9.17) is 0 Å². The van der Waals surface area contributed by atoms with Crippen LogP contribution in [0.1, 0.15) is 125 Å². The van der Waals surface area contributed by atoms with E-state index in [9.17, 15) is 9.59 Å². The molecule has 0 aliphatic heterocycles. The van der Waals surface area contributed by atoms with Crippen molar-refractivity contribution in [3.05, 3.63) is 0 Å². The van der Waals surface area contributed by atoms with Crippen LogP contribution in [0.15, 0.2) is 10.2 Å². The molecular weight excluding hydrogens is 412 g/mol. The van der Waals surface area contributed by atoms with E-state index in [0.717, 1.165) is 93.9 Å². The van der Waals surface area contributed by atoms with Crippen LogP contribution in [0.25, 0.3) is 0 Å². The zero-order chi connectivity index (χ0) is 24.5. The summed E-state index contributed by atoms with van der Waals surface area (Å²) in [5.41, 5.74) is 8.39. The minimum atomic E-state index is -0.0258. The van der Waals surface area contributed by atoms with Crippen LogP contribution in [0, 0.1) is 22.7 Å². The Bertz CT molecular complexity index is 633. The van der Waals surface area contributed by atoms with Crippen molar-refractivity contribution in [3.63, 3.8) is 0 Å². The SMILES string of the molecule is CC(C)(C)C1CCC(=NNC(=O)CCCCCC(=O)NN=C2CCC(C(C)(C)C)CC2)CC1. The van der Waals surface area contributed by atoms with E-state index in [2.05, 4.69) is 62.6 Å². The summed E-state index contributed by atoms with van der Waals surface area (Å²) < 4.78 is 0. The molecule has 2 rings (SSSR count). The van der Waals surface area contributed by atoms with Gasteiger partial charge in [-0.15, -0.1) is 0 Å². The number of hydrogen-bond donors (Lipinski definition) is 2. The topological polar surface area (TPSA) is 82.9 Å². The highest BCUT2D eigenvalue weighted by Gasteiger charge is 2.29. The second-order valence-electron chi connectivity index (χ2n) is 12.3. The van der Waals surface area contributed by atoms with Crippen molar-refractivity contribution in [3.8, 4) is 0 Å². The van der Waals surface area contributed by atoms with Gasteiger partial charge in [0.1, 0.15) is 0 Å². The van der Waals surface area contributed by atoms with Crippen molar-refractivity contribution in [1.29, 1.82) is 0 Å². The van der Waals surface area contributed by atoms with Gasteiger partial charge in [0.2, 0.25) is 11.8 Å². The van der Waals surface area contributed by atoms with E-state index >= 15 is 0 Å². The first kappa shape index (κ1) is 27.5. The normalized spacial score (nSPS) is 22.0. The molecule has 2 aliphatic rings. The van der Waals surface area contributed by atoms with Crippen LogP contribution in [-0.2, 0) is 9.59 Å². The number of nitrogens with one attached hydrogen (secondary N) is 2. The van der Waals surface area contributed by atoms with Gasteiger partial charge in [-0.1, -0.05) is 48.0 Å². The monoisotopic (exact) mass is 460 g/mol. The predicted octanol–water partition coefficient (Wildman–Crippen LogP) is 6.35. The smallest absolute Gasteiger partial charge is 0.240 e. The van der Waals surface area contributed by atoms with Gasteiger partial charge in [-0.25, -0.2) is 10.9 Å². The number of carbonyl (C=O) groups is 2. The molecule has 0 bridgehead atoms. The van der Waals surface area contributed by atoms with Gasteiger partial charge in [-0.2, -0.15) is 10.2 Å². The Morgan fingerprint density at radius 2 is 1.00 bits per heavy atom. The van der Waals surface area contributed by atoms with Crippen LogP contribution < -0.4 is 10.9 Å². The number of unbranched alkanes of at least 4 members (excludes halogenated alkanes) is 2. The number of carbonyl (C=O) groups excluding carboxylic acids is 2. The van der Waals surface area contributed by atoms with Gasteiger partial charge in [0.15, 0.2) is 0 Å². The fraction of sp³-hybridized carbons (Fsp3) is 0.852. The van der Waals surface area contributed by atoms with Crippen LogP contribution in [0.3, 0.4) is 0 Å². The molecule has 6 nitrogen and oxygen atoms in total. The molecule has 33 heavy (non-hydrogen) atoms. The van der Waals surface area contributed by atoms with Crippen LogP contribution >= 0.6 is 0 Å². The summed E-state index contributed by atoms with van der Waals surface area (Å²) in [6, 6.07) is 0. The summed E-state index contributed by atoms with van der Waals surface area (Å²) in [5.74, 6) is 1.42. The van der Waals surface area contributed by atoms with Crippen molar-refractivity contribution >= 4 is 23.2 Å². The molecule has 2 aliphatic carbocycles. The number of hydrazone groups is 2. The zero-order valence-electron chi connectivity index (χ0n) is 22.1. The van der Waals surface area contributed by atoms with Gasteiger partial charge in [-0.05, 0) is 86.9 Å². The van der Waals surface area contributed by atoms with E-state index in [1.54, 1.807) is 0 Å². The molecule has 0 aromatic carbocycles. The van der Waals surface area contributed by atoms with Crippen molar-refractivity contribution < 1.29 is 9.59 Å². The largest absolute Gasteiger partial charge is 0.273 e. The van der Waals surface area contributed by atoms with Gasteiger partial charge < -0.3 is 0 Å². The first-order chi connectivity index (χ1) is 15.4. The lowest BCUT2D eigenvalue weighted by Gasteiger charge is -2.34. The third-order valence-corrected chi connectivity index (χ3v) is 7.56. The van der Waals surface area contributed by atoms with Gasteiger partial charge in [0, 0.05) is 24.3 Å². The highest BCUT2D eigenvalue weighted by molar-refractivity contribution is 5.87. The first-order valence-electron chi connectivity index (χ1n) is 13.1. The third kappa shape index (κ3) is 10.4. The van der Waals surface area contributed by atoms with Gasteiger partial charge >= 0.3 is 0 Å². The molecular formula is C27H48N4O2. The fourth-order valence-electron chi connectivity index (χ4n) is 5.00. The van der Waals surface area contributed by atoms with Crippen LogP contribution in [0.4, 0.5) is 0 Å². The highest BCUT2D eigenvalue weighted by Crippen LogP contribution is 2.37. The molecule has 0 aromatic rings.